The zero-order valence-corrected chi connectivity index (χ0v) is 12.5. The fourth-order valence-electron chi connectivity index (χ4n) is 2.76. The molecule has 1 aromatic carbocycles. The van der Waals surface area contributed by atoms with E-state index in [1.807, 2.05) is 24.3 Å². The predicted octanol–water partition coefficient (Wildman–Crippen LogP) is 3.96. The zero-order chi connectivity index (χ0) is 15.0. The summed E-state index contributed by atoms with van der Waals surface area (Å²) in [5.41, 5.74) is 2.08. The van der Waals surface area contributed by atoms with Crippen LogP contribution in [0.25, 0.3) is 11.3 Å². The Kier molecular flexibility index (Phi) is 3.49. The summed E-state index contributed by atoms with van der Waals surface area (Å²) in [5.74, 6) is 0.0681. The summed E-state index contributed by atoms with van der Waals surface area (Å²) in [6.07, 6.45) is 2.44. The number of carbonyl (C=O) groups is 1. The highest BCUT2D eigenvalue weighted by Crippen LogP contribution is 2.38. The predicted molar refractivity (Wildman–Crippen MR) is 79.3 cm³/mol. The summed E-state index contributed by atoms with van der Waals surface area (Å²) in [6, 6.07) is 7.44. The maximum atomic E-state index is 11.4. The van der Waals surface area contributed by atoms with Crippen molar-refractivity contribution in [2.75, 3.05) is 0 Å². The molecule has 1 atom stereocenters. The molecule has 0 aliphatic heterocycles. The molecule has 1 aromatic heterocycles. The summed E-state index contributed by atoms with van der Waals surface area (Å²) in [6.45, 7) is 1.80. The van der Waals surface area contributed by atoms with E-state index in [2.05, 4.69) is 5.16 Å². The first kappa shape index (κ1) is 14.1. The molecule has 1 N–H and O–H groups in total. The van der Waals surface area contributed by atoms with E-state index in [1.165, 1.54) is 0 Å². The molecule has 1 heterocycles. The van der Waals surface area contributed by atoms with Crippen LogP contribution >= 0.6 is 11.6 Å². The molecule has 0 saturated heterocycles. The third kappa shape index (κ3) is 2.56. The number of carboxylic acids is 1. The zero-order valence-electron chi connectivity index (χ0n) is 11.7. The van der Waals surface area contributed by atoms with Crippen LogP contribution in [0.1, 0.15) is 31.1 Å². The maximum absolute atomic E-state index is 11.4. The molecule has 2 aromatic rings. The van der Waals surface area contributed by atoms with Gasteiger partial charge >= 0.3 is 5.97 Å². The molecule has 4 nitrogen and oxygen atoms in total. The van der Waals surface area contributed by atoms with E-state index in [4.69, 9.17) is 16.1 Å². The minimum Gasteiger partial charge on any atom is -0.481 e. The van der Waals surface area contributed by atoms with Crippen LogP contribution in [0.5, 0.6) is 0 Å². The Labute approximate surface area is 127 Å². The third-order valence-corrected chi connectivity index (χ3v) is 4.59. The van der Waals surface area contributed by atoms with E-state index < -0.39 is 11.4 Å². The van der Waals surface area contributed by atoms with Crippen LogP contribution in [-0.4, -0.2) is 16.2 Å². The number of benzene rings is 1. The summed E-state index contributed by atoms with van der Waals surface area (Å²) in [4.78, 5) is 11.4. The summed E-state index contributed by atoms with van der Waals surface area (Å²) in [5, 5.41) is 14.2. The highest BCUT2D eigenvalue weighted by Gasteiger charge is 2.36. The van der Waals surface area contributed by atoms with Gasteiger partial charge in [-0.05, 0) is 38.3 Å². The van der Waals surface area contributed by atoms with Gasteiger partial charge in [0.05, 0.1) is 5.41 Å². The van der Waals surface area contributed by atoms with Gasteiger partial charge in [-0.3, -0.25) is 4.79 Å². The Morgan fingerprint density at radius 3 is 2.62 bits per heavy atom. The number of nitrogens with zero attached hydrogens (tertiary/aromatic N) is 1. The monoisotopic (exact) mass is 305 g/mol. The van der Waals surface area contributed by atoms with Crippen molar-refractivity contribution in [1.82, 2.24) is 5.16 Å². The lowest BCUT2D eigenvalue weighted by Crippen LogP contribution is -2.27. The summed E-state index contributed by atoms with van der Waals surface area (Å²) < 4.78 is 5.45. The van der Waals surface area contributed by atoms with Crippen LogP contribution in [0, 0.1) is 5.41 Å². The average Bonchev–Trinajstić information content (AvgIpc) is 2.78. The second-order valence-corrected chi connectivity index (χ2v) is 6.24. The molecule has 5 heteroatoms. The first-order valence-corrected chi connectivity index (χ1v) is 7.34. The van der Waals surface area contributed by atoms with Crippen molar-refractivity contribution < 1.29 is 14.4 Å². The van der Waals surface area contributed by atoms with E-state index in [0.29, 0.717) is 30.7 Å². The molecule has 110 valence electrons. The van der Waals surface area contributed by atoms with Gasteiger partial charge in [0.25, 0.3) is 0 Å². The average molecular weight is 306 g/mol. The van der Waals surface area contributed by atoms with Crippen molar-refractivity contribution in [2.45, 2.75) is 32.6 Å². The Morgan fingerprint density at radius 1 is 1.29 bits per heavy atom. The van der Waals surface area contributed by atoms with E-state index >= 15 is 0 Å². The van der Waals surface area contributed by atoms with E-state index in [-0.39, 0.29) is 0 Å². The number of aromatic nitrogens is 1. The largest absolute Gasteiger partial charge is 0.481 e. The molecular formula is C16H16ClNO3. The Balaban J connectivity index is 1.95. The van der Waals surface area contributed by atoms with Crippen LogP contribution < -0.4 is 0 Å². The van der Waals surface area contributed by atoms with Gasteiger partial charge in [0.1, 0.15) is 11.5 Å². The fraction of sp³-hybridized carbons (Fsp3) is 0.375. The SMILES string of the molecule is CC1(C(=O)O)CCc2onc(-c3ccc(Cl)cc3)c2CC1. The van der Waals surface area contributed by atoms with Gasteiger partial charge in [-0.1, -0.05) is 28.9 Å². The number of halogens is 1. The lowest BCUT2D eigenvalue weighted by atomic mass is 9.82. The summed E-state index contributed by atoms with van der Waals surface area (Å²) >= 11 is 5.91. The smallest absolute Gasteiger partial charge is 0.309 e. The highest BCUT2D eigenvalue weighted by atomic mass is 35.5. The topological polar surface area (TPSA) is 63.3 Å². The molecule has 3 rings (SSSR count). The molecule has 0 saturated carbocycles. The minimum absolute atomic E-state index is 0.574. The number of carboxylic acid groups (broad SMARTS) is 1. The first-order chi connectivity index (χ1) is 9.99. The van der Waals surface area contributed by atoms with Crippen molar-refractivity contribution in [3.8, 4) is 11.3 Å². The molecule has 0 radical (unpaired) electrons. The fourth-order valence-corrected chi connectivity index (χ4v) is 2.89. The second-order valence-electron chi connectivity index (χ2n) is 5.81. The number of aliphatic carboxylic acids is 1. The van der Waals surface area contributed by atoms with E-state index in [1.54, 1.807) is 6.92 Å². The number of hydrogen-bond acceptors (Lipinski definition) is 3. The number of rotatable bonds is 2. The van der Waals surface area contributed by atoms with E-state index in [9.17, 15) is 9.90 Å². The quantitative estimate of drug-likeness (QED) is 0.853. The van der Waals surface area contributed by atoms with Crippen molar-refractivity contribution >= 4 is 17.6 Å². The lowest BCUT2D eigenvalue weighted by Gasteiger charge is -2.21. The van der Waals surface area contributed by atoms with Gasteiger partial charge in [0.15, 0.2) is 0 Å². The maximum Gasteiger partial charge on any atom is 0.309 e. The van der Waals surface area contributed by atoms with Gasteiger partial charge in [-0.2, -0.15) is 0 Å². The molecule has 1 aliphatic rings. The lowest BCUT2D eigenvalue weighted by molar-refractivity contribution is -0.148. The van der Waals surface area contributed by atoms with Crippen molar-refractivity contribution in [1.29, 1.82) is 0 Å². The summed E-state index contributed by atoms with van der Waals surface area (Å²) in [7, 11) is 0. The van der Waals surface area contributed by atoms with Crippen molar-refractivity contribution in [2.24, 2.45) is 5.41 Å². The molecule has 1 unspecified atom stereocenters. The van der Waals surface area contributed by atoms with Gasteiger partial charge in [-0.15, -0.1) is 0 Å². The number of fused-ring (bicyclic) bond motifs is 1. The number of aryl methyl sites for hydroxylation is 1. The molecule has 1 aliphatic carbocycles. The van der Waals surface area contributed by atoms with Gasteiger partial charge in [0.2, 0.25) is 0 Å². The Hall–Kier alpha value is -1.81. The van der Waals surface area contributed by atoms with Crippen molar-refractivity contribution in [3.05, 3.63) is 40.6 Å². The Bertz CT molecular complexity index is 677. The van der Waals surface area contributed by atoms with Crippen LogP contribution in [-0.2, 0) is 17.6 Å². The molecule has 0 fully saturated rings. The van der Waals surface area contributed by atoms with Crippen LogP contribution in [0.3, 0.4) is 0 Å². The van der Waals surface area contributed by atoms with Gasteiger partial charge in [-0.25, -0.2) is 0 Å². The molecule has 0 spiro atoms. The highest BCUT2D eigenvalue weighted by molar-refractivity contribution is 6.30. The Morgan fingerprint density at radius 2 is 1.95 bits per heavy atom. The van der Waals surface area contributed by atoms with Gasteiger partial charge in [0, 0.05) is 22.6 Å². The van der Waals surface area contributed by atoms with Crippen LogP contribution in [0.4, 0.5) is 0 Å². The molecule has 21 heavy (non-hydrogen) atoms. The second kappa shape index (κ2) is 5.19. The minimum atomic E-state index is -0.742. The van der Waals surface area contributed by atoms with Crippen LogP contribution in [0.2, 0.25) is 5.02 Å². The number of hydrogen-bond donors (Lipinski definition) is 1. The normalized spacial score (nSPS) is 21.6. The molecular weight excluding hydrogens is 290 g/mol. The first-order valence-electron chi connectivity index (χ1n) is 6.96. The molecule has 0 amide bonds. The van der Waals surface area contributed by atoms with Crippen LogP contribution in [0.15, 0.2) is 28.8 Å². The van der Waals surface area contributed by atoms with E-state index in [0.717, 1.165) is 22.6 Å². The third-order valence-electron chi connectivity index (χ3n) is 4.33. The standard InChI is InChI=1S/C16H16ClNO3/c1-16(15(19)20)8-6-12-13(7-9-16)21-18-14(12)10-2-4-11(17)5-3-10/h2-5H,6-9H2,1H3,(H,19,20). The van der Waals surface area contributed by atoms with Gasteiger partial charge < -0.3 is 9.63 Å². The van der Waals surface area contributed by atoms with Crippen molar-refractivity contribution in [3.63, 3.8) is 0 Å². The molecule has 0 bridgehead atoms.